The van der Waals surface area contributed by atoms with Crippen LogP contribution in [0.15, 0.2) is 60.7 Å². The fraction of sp³-hybridized carbons (Fsp3) is 0.353. The largest absolute Gasteiger partial charge is 0.507 e. The lowest BCUT2D eigenvalue weighted by Gasteiger charge is -2.24. The number of aromatic nitrogens is 1. The maximum absolute atomic E-state index is 13.7. The molecule has 1 aromatic heterocycles. The highest BCUT2D eigenvalue weighted by Gasteiger charge is 2.48. The second-order valence-electron chi connectivity index (χ2n) is 10.8. The number of esters is 1. The monoisotopic (exact) mass is 634 g/mol. The topological polar surface area (TPSA) is 124 Å². The van der Waals surface area contributed by atoms with Crippen molar-refractivity contribution in [3.8, 4) is 17.2 Å². The number of methoxy groups -OCH3 is 1. The number of ether oxygens (including phenoxy) is 4. The molecule has 1 aliphatic rings. The highest BCUT2D eigenvalue weighted by atomic mass is 32.1. The summed E-state index contributed by atoms with van der Waals surface area (Å²) >= 11 is 0.945. The number of carbonyl (C=O) groups is 3. The fourth-order valence-electron chi connectivity index (χ4n) is 4.65. The van der Waals surface area contributed by atoms with Crippen LogP contribution in [0, 0.1) is 12.8 Å². The number of amides is 1. The summed E-state index contributed by atoms with van der Waals surface area (Å²) in [5, 5.41) is 11.7. The molecule has 4 rings (SSSR count). The van der Waals surface area contributed by atoms with Crippen molar-refractivity contribution in [1.82, 2.24) is 4.98 Å². The van der Waals surface area contributed by atoms with Crippen LogP contribution in [0.3, 0.4) is 0 Å². The summed E-state index contributed by atoms with van der Waals surface area (Å²) in [5.41, 5.74) is 0.994. The minimum absolute atomic E-state index is 0.112. The maximum atomic E-state index is 13.7. The zero-order chi connectivity index (χ0) is 32.7. The van der Waals surface area contributed by atoms with Crippen LogP contribution < -0.4 is 19.1 Å². The smallest absolute Gasteiger partial charge is 0.350 e. The highest BCUT2D eigenvalue weighted by Crippen LogP contribution is 2.45. The summed E-state index contributed by atoms with van der Waals surface area (Å²) in [6.45, 7) is 12.2. The van der Waals surface area contributed by atoms with Crippen LogP contribution in [0.1, 0.15) is 66.1 Å². The Morgan fingerprint density at radius 2 is 1.87 bits per heavy atom. The van der Waals surface area contributed by atoms with Crippen LogP contribution in [0.5, 0.6) is 17.2 Å². The quantitative estimate of drug-likeness (QED) is 0.0519. The molecule has 0 radical (unpaired) electrons. The van der Waals surface area contributed by atoms with E-state index in [0.717, 1.165) is 24.2 Å². The zero-order valence-electron chi connectivity index (χ0n) is 26.1. The van der Waals surface area contributed by atoms with Gasteiger partial charge < -0.3 is 24.1 Å². The van der Waals surface area contributed by atoms with Gasteiger partial charge in [-0.2, -0.15) is 0 Å². The van der Waals surface area contributed by atoms with Gasteiger partial charge in [0.25, 0.3) is 5.78 Å². The third-order valence-corrected chi connectivity index (χ3v) is 8.06. The number of aliphatic hydroxyl groups excluding tert-OH is 1. The number of aryl methyl sites for hydroxylation is 1. The Morgan fingerprint density at radius 3 is 2.51 bits per heavy atom. The summed E-state index contributed by atoms with van der Waals surface area (Å²) in [5.74, 6) is -1.21. The number of carbonyl (C=O) groups excluding carboxylic acids is 3. The first-order chi connectivity index (χ1) is 21.6. The van der Waals surface area contributed by atoms with E-state index < -0.39 is 23.7 Å². The van der Waals surface area contributed by atoms with Crippen molar-refractivity contribution in [1.29, 1.82) is 0 Å². The minimum atomic E-state index is -1.10. The number of nitrogens with zero attached hydrogens (tertiary/aromatic N) is 2. The van der Waals surface area contributed by atoms with Crippen LogP contribution in [0.2, 0.25) is 0 Å². The molecule has 1 amide bonds. The summed E-state index contributed by atoms with van der Waals surface area (Å²) in [4.78, 5) is 46.1. The molecule has 11 heteroatoms. The predicted octanol–water partition coefficient (Wildman–Crippen LogP) is 6.64. The highest BCUT2D eigenvalue weighted by molar-refractivity contribution is 7.17. The van der Waals surface area contributed by atoms with Crippen LogP contribution in [0.4, 0.5) is 5.13 Å². The lowest BCUT2D eigenvalue weighted by Crippen LogP contribution is -2.29. The van der Waals surface area contributed by atoms with Gasteiger partial charge in [-0.25, -0.2) is 9.78 Å². The first kappa shape index (κ1) is 33.3. The SMILES string of the molecule is C=CCOc1ccc(C2/C(=C(\O)c3ccc(OCCCC)cc3)C(=O)C(=O)N2c2nc(C)c(C(=O)OCC(C)C)s2)cc1OC. The van der Waals surface area contributed by atoms with Gasteiger partial charge in [-0.15, -0.1) is 0 Å². The molecule has 1 atom stereocenters. The van der Waals surface area contributed by atoms with Gasteiger partial charge in [-0.05, 0) is 61.2 Å². The van der Waals surface area contributed by atoms with Crippen LogP contribution in [-0.4, -0.2) is 54.7 Å². The second-order valence-corrected chi connectivity index (χ2v) is 11.8. The Kier molecular flexibility index (Phi) is 11.0. The molecule has 2 heterocycles. The maximum Gasteiger partial charge on any atom is 0.350 e. The fourth-order valence-corrected chi connectivity index (χ4v) is 5.64. The van der Waals surface area contributed by atoms with Crippen molar-refractivity contribution in [2.24, 2.45) is 5.92 Å². The number of hydrogen-bond acceptors (Lipinski definition) is 10. The normalized spacial score (nSPS) is 15.8. The van der Waals surface area contributed by atoms with E-state index in [1.165, 1.54) is 12.0 Å². The van der Waals surface area contributed by atoms with Gasteiger partial charge in [0.1, 0.15) is 23.0 Å². The molecule has 238 valence electrons. The molecule has 1 saturated heterocycles. The summed E-state index contributed by atoms with van der Waals surface area (Å²) in [6.07, 6.45) is 3.49. The van der Waals surface area contributed by atoms with E-state index in [9.17, 15) is 19.5 Å². The molecule has 1 N–H and O–H groups in total. The average molecular weight is 635 g/mol. The molecule has 45 heavy (non-hydrogen) atoms. The Bertz CT molecular complexity index is 1590. The van der Waals surface area contributed by atoms with Crippen molar-refractivity contribution in [3.05, 3.63) is 82.4 Å². The molecule has 1 aliphatic heterocycles. The molecule has 0 aliphatic carbocycles. The van der Waals surface area contributed by atoms with Gasteiger partial charge >= 0.3 is 11.9 Å². The van der Waals surface area contributed by atoms with Gasteiger partial charge in [0, 0.05) is 5.56 Å². The van der Waals surface area contributed by atoms with Crippen LogP contribution >= 0.6 is 11.3 Å². The summed E-state index contributed by atoms with van der Waals surface area (Å²) < 4.78 is 22.4. The van der Waals surface area contributed by atoms with E-state index in [4.69, 9.17) is 18.9 Å². The molecule has 3 aromatic rings. The first-order valence-electron chi connectivity index (χ1n) is 14.7. The van der Waals surface area contributed by atoms with E-state index in [-0.39, 0.29) is 40.5 Å². The predicted molar refractivity (Wildman–Crippen MR) is 172 cm³/mol. The Morgan fingerprint density at radius 1 is 1.13 bits per heavy atom. The number of unbranched alkanes of at least 4 members (excludes halogenated alkanes) is 1. The number of Topliss-reactive ketones (excluding diaryl/α,β-unsaturated/α-hetero) is 1. The standard InChI is InChI=1S/C34H38N2O8S/c1-7-9-17-42-24-13-10-22(11-14-24)29(37)27-28(23-12-15-25(43-16-8-2)26(18-23)41-6)36(32(39)30(27)38)34-35-21(5)31(45-34)33(40)44-19-20(3)4/h8,10-15,18,20,28,37H,2,7,9,16-17,19H2,1,3-6H3/b29-27+. The molecule has 0 spiro atoms. The number of rotatable bonds is 14. The third kappa shape index (κ3) is 7.37. The molecule has 1 fully saturated rings. The van der Waals surface area contributed by atoms with E-state index >= 15 is 0 Å². The number of hydrogen-bond donors (Lipinski definition) is 1. The molecular weight excluding hydrogens is 596 g/mol. The number of anilines is 1. The van der Waals surface area contributed by atoms with Crippen LogP contribution in [-0.2, 0) is 14.3 Å². The molecule has 0 saturated carbocycles. The van der Waals surface area contributed by atoms with E-state index in [1.54, 1.807) is 55.5 Å². The third-order valence-electron chi connectivity index (χ3n) is 6.92. The first-order valence-corrected chi connectivity index (χ1v) is 15.5. The minimum Gasteiger partial charge on any atom is -0.507 e. The van der Waals surface area contributed by atoms with Crippen molar-refractivity contribution in [2.75, 3.05) is 31.8 Å². The lowest BCUT2D eigenvalue weighted by molar-refractivity contribution is -0.132. The molecule has 10 nitrogen and oxygen atoms in total. The van der Waals surface area contributed by atoms with E-state index in [1.807, 2.05) is 13.8 Å². The zero-order valence-corrected chi connectivity index (χ0v) is 26.9. The molecule has 2 aromatic carbocycles. The summed E-state index contributed by atoms with van der Waals surface area (Å²) in [7, 11) is 1.47. The van der Waals surface area contributed by atoms with E-state index in [0.29, 0.717) is 40.7 Å². The van der Waals surface area contributed by atoms with Gasteiger partial charge in [0.05, 0.1) is 37.6 Å². The van der Waals surface area contributed by atoms with Crippen molar-refractivity contribution in [3.63, 3.8) is 0 Å². The Labute approximate surface area is 266 Å². The van der Waals surface area contributed by atoms with Gasteiger partial charge in [0.2, 0.25) is 0 Å². The van der Waals surface area contributed by atoms with Crippen molar-refractivity contribution < 1.29 is 38.4 Å². The van der Waals surface area contributed by atoms with E-state index in [2.05, 4.69) is 18.5 Å². The average Bonchev–Trinajstić information content (AvgIpc) is 3.54. The number of aliphatic hydroxyl groups is 1. The number of thiazole rings is 1. The van der Waals surface area contributed by atoms with Gasteiger partial charge in [0.15, 0.2) is 16.6 Å². The Balaban J connectivity index is 1.83. The van der Waals surface area contributed by atoms with Crippen LogP contribution in [0.25, 0.3) is 5.76 Å². The molecule has 0 bridgehead atoms. The van der Waals surface area contributed by atoms with Gasteiger partial charge in [-0.3, -0.25) is 14.5 Å². The van der Waals surface area contributed by atoms with Gasteiger partial charge in [-0.1, -0.05) is 57.3 Å². The second kappa shape index (κ2) is 14.9. The number of benzene rings is 2. The lowest BCUT2D eigenvalue weighted by atomic mass is 9.95. The Hall–Kier alpha value is -4.64. The molecule has 1 unspecified atom stereocenters. The summed E-state index contributed by atoms with van der Waals surface area (Å²) in [6, 6.07) is 10.5. The molecular formula is C34H38N2O8S. The van der Waals surface area contributed by atoms with Crippen molar-refractivity contribution >= 4 is 39.9 Å². The number of ketones is 1. The van der Waals surface area contributed by atoms with Crippen molar-refractivity contribution in [2.45, 2.75) is 46.6 Å².